The number of fused-ring (bicyclic) bond motifs is 1. The van der Waals surface area contributed by atoms with Crippen LogP contribution in [0.3, 0.4) is 0 Å². The average molecular weight is 255 g/mol. The van der Waals surface area contributed by atoms with Gasteiger partial charge in [-0.3, -0.25) is 19.5 Å². The highest BCUT2D eigenvalue weighted by molar-refractivity contribution is 6.06. The summed E-state index contributed by atoms with van der Waals surface area (Å²) in [5.74, 6) is -0.267. The fourth-order valence-electron chi connectivity index (χ4n) is 2.29. The van der Waals surface area contributed by atoms with Crippen molar-refractivity contribution in [3.8, 4) is 0 Å². The number of para-hydroxylation sites is 1. The van der Waals surface area contributed by atoms with Crippen LogP contribution in [-0.4, -0.2) is 29.4 Å². The molecule has 2 heterocycles. The third kappa shape index (κ3) is 1.93. The molecule has 1 aliphatic rings. The van der Waals surface area contributed by atoms with Crippen molar-refractivity contribution in [2.24, 2.45) is 0 Å². The predicted molar refractivity (Wildman–Crippen MR) is 71.7 cm³/mol. The molecule has 19 heavy (non-hydrogen) atoms. The van der Waals surface area contributed by atoms with E-state index in [4.69, 9.17) is 0 Å². The van der Waals surface area contributed by atoms with Crippen molar-refractivity contribution in [3.63, 3.8) is 0 Å². The summed E-state index contributed by atoms with van der Waals surface area (Å²) in [5, 5.41) is 3.52. The zero-order chi connectivity index (χ0) is 13.4. The molecule has 5 heteroatoms. The van der Waals surface area contributed by atoms with Crippen LogP contribution in [0.1, 0.15) is 6.92 Å². The number of hydrogen-bond donors (Lipinski definition) is 1. The number of hydrogen-bond acceptors (Lipinski definition) is 3. The lowest BCUT2D eigenvalue weighted by atomic mass is 10.1. The van der Waals surface area contributed by atoms with E-state index < -0.39 is 6.04 Å². The molecular formula is C14H13N3O2. The van der Waals surface area contributed by atoms with Gasteiger partial charge in [0.2, 0.25) is 11.8 Å². The first kappa shape index (κ1) is 11.6. The summed E-state index contributed by atoms with van der Waals surface area (Å²) >= 11 is 0. The number of benzene rings is 1. The van der Waals surface area contributed by atoms with Gasteiger partial charge in [0, 0.05) is 5.39 Å². The van der Waals surface area contributed by atoms with Crippen molar-refractivity contribution in [1.82, 2.24) is 10.3 Å². The molecule has 1 aliphatic heterocycles. The van der Waals surface area contributed by atoms with Crippen LogP contribution in [0.15, 0.2) is 36.5 Å². The third-order valence-electron chi connectivity index (χ3n) is 3.30. The average Bonchev–Trinajstić information content (AvgIpc) is 2.43. The first-order valence-electron chi connectivity index (χ1n) is 6.11. The minimum Gasteiger partial charge on any atom is -0.345 e. The highest BCUT2D eigenvalue weighted by atomic mass is 16.2. The van der Waals surface area contributed by atoms with E-state index in [9.17, 15) is 9.59 Å². The maximum absolute atomic E-state index is 12.0. The maximum Gasteiger partial charge on any atom is 0.247 e. The van der Waals surface area contributed by atoms with Crippen LogP contribution in [-0.2, 0) is 9.59 Å². The second-order valence-corrected chi connectivity index (χ2v) is 4.54. The van der Waals surface area contributed by atoms with E-state index in [2.05, 4.69) is 10.3 Å². The number of rotatable bonds is 1. The molecule has 3 rings (SSSR count). The van der Waals surface area contributed by atoms with E-state index in [0.29, 0.717) is 5.69 Å². The number of amides is 2. The summed E-state index contributed by atoms with van der Waals surface area (Å²) in [4.78, 5) is 29.5. The van der Waals surface area contributed by atoms with Gasteiger partial charge in [-0.25, -0.2) is 0 Å². The molecule has 1 unspecified atom stereocenters. The normalized spacial score (nSPS) is 19.6. The smallest absolute Gasteiger partial charge is 0.247 e. The first-order chi connectivity index (χ1) is 9.16. The number of carbonyl (C=O) groups excluding carboxylic acids is 2. The Labute approximate surface area is 110 Å². The lowest BCUT2D eigenvalue weighted by Gasteiger charge is -2.32. The van der Waals surface area contributed by atoms with E-state index >= 15 is 0 Å². The molecule has 0 saturated carbocycles. The van der Waals surface area contributed by atoms with Gasteiger partial charge in [0.15, 0.2) is 0 Å². The number of nitrogens with zero attached hydrogens (tertiary/aromatic N) is 2. The molecule has 5 nitrogen and oxygen atoms in total. The van der Waals surface area contributed by atoms with Crippen molar-refractivity contribution in [2.45, 2.75) is 13.0 Å². The minimum atomic E-state index is -0.510. The number of anilines is 1. The summed E-state index contributed by atoms with van der Waals surface area (Å²) in [6, 6.07) is 9.05. The van der Waals surface area contributed by atoms with Gasteiger partial charge in [-0.2, -0.15) is 0 Å². The second-order valence-electron chi connectivity index (χ2n) is 4.54. The highest BCUT2D eigenvalue weighted by Crippen LogP contribution is 2.22. The molecule has 1 saturated heterocycles. The lowest BCUT2D eigenvalue weighted by molar-refractivity contribution is -0.130. The fraction of sp³-hybridized carbons (Fsp3) is 0.214. The van der Waals surface area contributed by atoms with E-state index in [-0.39, 0.29) is 18.4 Å². The molecule has 0 spiro atoms. The highest BCUT2D eigenvalue weighted by Gasteiger charge is 2.32. The van der Waals surface area contributed by atoms with E-state index in [1.165, 1.54) is 4.90 Å². The summed E-state index contributed by atoms with van der Waals surface area (Å²) in [7, 11) is 0. The number of aromatic nitrogens is 1. The Bertz CT molecular complexity index is 669. The Morgan fingerprint density at radius 1 is 1.32 bits per heavy atom. The molecule has 2 amide bonds. The molecule has 1 fully saturated rings. The predicted octanol–water partition coefficient (Wildman–Crippen LogP) is 1.09. The summed E-state index contributed by atoms with van der Waals surface area (Å²) < 4.78 is 0. The Kier molecular flexibility index (Phi) is 2.67. The Morgan fingerprint density at radius 2 is 2.11 bits per heavy atom. The SMILES string of the molecule is CC1C(=O)NCC(=O)N1c1cnc2ccccc2c1. The summed E-state index contributed by atoms with van der Waals surface area (Å²) in [6.45, 7) is 1.75. The van der Waals surface area contributed by atoms with Gasteiger partial charge in [-0.15, -0.1) is 0 Å². The van der Waals surface area contributed by atoms with Crippen molar-refractivity contribution >= 4 is 28.4 Å². The van der Waals surface area contributed by atoms with Gasteiger partial charge in [0.05, 0.1) is 23.9 Å². The van der Waals surface area contributed by atoms with Crippen LogP contribution in [0.5, 0.6) is 0 Å². The molecular weight excluding hydrogens is 242 g/mol. The van der Waals surface area contributed by atoms with Crippen LogP contribution in [0.2, 0.25) is 0 Å². The minimum absolute atomic E-state index is 0.0377. The quantitative estimate of drug-likeness (QED) is 0.829. The second kappa shape index (κ2) is 4.35. The van der Waals surface area contributed by atoms with Crippen molar-refractivity contribution in [1.29, 1.82) is 0 Å². The zero-order valence-electron chi connectivity index (χ0n) is 10.5. The molecule has 0 radical (unpaired) electrons. The standard InChI is InChI=1S/C14H13N3O2/c1-9-14(19)16-8-13(18)17(9)11-6-10-4-2-3-5-12(10)15-7-11/h2-7,9H,8H2,1H3,(H,16,19). The maximum atomic E-state index is 12.0. The van der Waals surface area contributed by atoms with Crippen molar-refractivity contribution in [3.05, 3.63) is 36.5 Å². The Balaban J connectivity index is 2.07. The molecule has 1 aromatic heterocycles. The molecule has 96 valence electrons. The van der Waals surface area contributed by atoms with Gasteiger partial charge >= 0.3 is 0 Å². The number of carbonyl (C=O) groups is 2. The molecule has 1 atom stereocenters. The van der Waals surface area contributed by atoms with E-state index in [0.717, 1.165) is 10.9 Å². The van der Waals surface area contributed by atoms with Crippen LogP contribution in [0.25, 0.3) is 10.9 Å². The van der Waals surface area contributed by atoms with Crippen LogP contribution < -0.4 is 10.2 Å². The number of nitrogens with one attached hydrogen (secondary N) is 1. The van der Waals surface area contributed by atoms with Gasteiger partial charge < -0.3 is 5.32 Å². The molecule has 0 bridgehead atoms. The van der Waals surface area contributed by atoms with E-state index in [1.54, 1.807) is 13.1 Å². The Hall–Kier alpha value is -2.43. The number of piperazine rings is 1. The molecule has 1 N–H and O–H groups in total. The van der Waals surface area contributed by atoms with Crippen molar-refractivity contribution in [2.75, 3.05) is 11.4 Å². The largest absolute Gasteiger partial charge is 0.345 e. The van der Waals surface area contributed by atoms with Crippen molar-refractivity contribution < 1.29 is 9.59 Å². The monoisotopic (exact) mass is 255 g/mol. The molecule has 1 aromatic carbocycles. The molecule has 2 aromatic rings. The van der Waals surface area contributed by atoms with Gasteiger partial charge in [0.1, 0.15) is 6.04 Å². The lowest BCUT2D eigenvalue weighted by Crippen LogP contribution is -2.57. The van der Waals surface area contributed by atoms with Crippen LogP contribution in [0, 0.1) is 0 Å². The third-order valence-corrected chi connectivity index (χ3v) is 3.30. The first-order valence-corrected chi connectivity index (χ1v) is 6.11. The van der Waals surface area contributed by atoms with Gasteiger partial charge in [-0.05, 0) is 19.1 Å². The van der Waals surface area contributed by atoms with Crippen LogP contribution >= 0.6 is 0 Å². The topological polar surface area (TPSA) is 62.3 Å². The van der Waals surface area contributed by atoms with E-state index in [1.807, 2.05) is 30.3 Å². The van der Waals surface area contributed by atoms with Gasteiger partial charge in [-0.1, -0.05) is 18.2 Å². The molecule has 0 aliphatic carbocycles. The zero-order valence-corrected chi connectivity index (χ0v) is 10.5. The fourth-order valence-corrected chi connectivity index (χ4v) is 2.29. The summed E-state index contributed by atoms with van der Waals surface area (Å²) in [6.07, 6.45) is 1.63. The number of pyridine rings is 1. The summed E-state index contributed by atoms with van der Waals surface area (Å²) in [5.41, 5.74) is 1.53. The van der Waals surface area contributed by atoms with Crippen LogP contribution in [0.4, 0.5) is 5.69 Å². The van der Waals surface area contributed by atoms with Gasteiger partial charge in [0.25, 0.3) is 0 Å². The Morgan fingerprint density at radius 3 is 2.95 bits per heavy atom.